The minimum absolute atomic E-state index is 0.0899. The first-order chi connectivity index (χ1) is 15.1. The fraction of sp³-hybridized carbons (Fsp3) is 0.333. The maximum atomic E-state index is 12.7. The number of nitrogens with zero attached hydrogens (tertiary/aromatic N) is 3. The van der Waals surface area contributed by atoms with Gasteiger partial charge in [0.2, 0.25) is 10.0 Å². The van der Waals surface area contributed by atoms with E-state index < -0.39 is 15.9 Å². The number of hydrogen-bond acceptors (Lipinski definition) is 5. The Morgan fingerprint density at radius 2 is 1.81 bits per heavy atom. The number of hydrazone groups is 1. The van der Waals surface area contributed by atoms with Gasteiger partial charge < -0.3 is 4.90 Å². The molecule has 2 aromatic carbocycles. The van der Waals surface area contributed by atoms with Gasteiger partial charge in [-0.25, -0.2) is 13.8 Å². The van der Waals surface area contributed by atoms with Gasteiger partial charge in [0, 0.05) is 48.7 Å². The number of anilines is 1. The Morgan fingerprint density at radius 3 is 2.47 bits per heavy atom. The molecule has 0 saturated heterocycles. The van der Waals surface area contributed by atoms with Crippen LogP contribution in [-0.4, -0.2) is 45.0 Å². The standard InChI is InChI=1S/C24H30N4O3S/c1-6-28(7-2)32(30,31)19-12-10-11-18(17-19)23(29)26-25-16-15-22-24(3,4)20-13-8-9-14-21(20)27(22)5/h8-17H,6-7H2,1-5H3,(H,26,29)/b22-15-,25-16-. The van der Waals surface area contributed by atoms with Crippen LogP contribution >= 0.6 is 0 Å². The summed E-state index contributed by atoms with van der Waals surface area (Å²) in [4.78, 5) is 14.7. The van der Waals surface area contributed by atoms with E-state index in [1.54, 1.807) is 32.2 Å². The summed E-state index contributed by atoms with van der Waals surface area (Å²) in [5, 5.41) is 4.05. The number of amides is 1. The molecule has 0 spiro atoms. The van der Waals surface area contributed by atoms with Gasteiger partial charge in [-0.1, -0.05) is 52.0 Å². The van der Waals surface area contributed by atoms with E-state index in [0.717, 1.165) is 11.4 Å². The zero-order valence-corrected chi connectivity index (χ0v) is 20.0. The number of carbonyl (C=O) groups excluding carboxylic acids is 1. The normalized spacial score (nSPS) is 16.7. The molecule has 0 radical (unpaired) electrons. The molecular formula is C24H30N4O3S. The lowest BCUT2D eigenvalue weighted by atomic mass is 9.84. The summed E-state index contributed by atoms with van der Waals surface area (Å²) in [6.45, 7) is 8.58. The summed E-state index contributed by atoms with van der Waals surface area (Å²) in [5.41, 5.74) is 5.96. The predicted octanol–water partition coefficient (Wildman–Crippen LogP) is 3.74. The van der Waals surface area contributed by atoms with Gasteiger partial charge in [0.25, 0.3) is 5.91 Å². The Balaban J connectivity index is 1.75. The fourth-order valence-corrected chi connectivity index (χ4v) is 5.58. The van der Waals surface area contributed by atoms with E-state index in [2.05, 4.69) is 41.4 Å². The van der Waals surface area contributed by atoms with Crippen molar-refractivity contribution in [2.24, 2.45) is 5.10 Å². The molecule has 1 aliphatic heterocycles. The van der Waals surface area contributed by atoms with E-state index in [9.17, 15) is 13.2 Å². The van der Waals surface area contributed by atoms with Crippen molar-refractivity contribution in [3.8, 4) is 0 Å². The largest absolute Gasteiger partial charge is 0.347 e. The number of para-hydroxylation sites is 1. The molecule has 3 rings (SSSR count). The summed E-state index contributed by atoms with van der Waals surface area (Å²) in [6, 6.07) is 14.2. The highest BCUT2D eigenvalue weighted by atomic mass is 32.2. The van der Waals surface area contributed by atoms with Crippen molar-refractivity contribution >= 4 is 27.8 Å². The maximum absolute atomic E-state index is 12.7. The van der Waals surface area contributed by atoms with Crippen LogP contribution in [0.4, 0.5) is 5.69 Å². The minimum atomic E-state index is -3.64. The topological polar surface area (TPSA) is 82.1 Å². The number of nitrogens with one attached hydrogen (secondary N) is 1. The van der Waals surface area contributed by atoms with Crippen LogP contribution in [0.1, 0.15) is 43.6 Å². The highest BCUT2D eigenvalue weighted by Gasteiger charge is 2.37. The first-order valence-electron chi connectivity index (χ1n) is 10.6. The van der Waals surface area contributed by atoms with E-state index in [4.69, 9.17) is 0 Å². The molecule has 0 saturated carbocycles. The lowest BCUT2D eigenvalue weighted by molar-refractivity contribution is 0.0955. The van der Waals surface area contributed by atoms with E-state index in [0.29, 0.717) is 13.1 Å². The number of benzene rings is 2. The molecule has 1 aliphatic rings. The Bertz CT molecular complexity index is 1170. The first-order valence-corrected chi connectivity index (χ1v) is 12.1. The number of sulfonamides is 1. The quantitative estimate of drug-likeness (QED) is 0.510. The SMILES string of the molecule is CCN(CC)S(=O)(=O)c1cccc(C(=O)N/N=C\C=C2/N(C)c3ccccc3C2(C)C)c1. The molecule has 1 N–H and O–H groups in total. The number of rotatable bonds is 7. The van der Waals surface area contributed by atoms with E-state index in [1.165, 1.54) is 22.0 Å². The van der Waals surface area contributed by atoms with Gasteiger partial charge in [-0.2, -0.15) is 9.41 Å². The Labute approximate surface area is 190 Å². The molecule has 0 aliphatic carbocycles. The molecule has 32 heavy (non-hydrogen) atoms. The lowest BCUT2D eigenvalue weighted by Crippen LogP contribution is -2.30. The molecule has 170 valence electrons. The molecule has 8 heteroatoms. The summed E-state index contributed by atoms with van der Waals surface area (Å²) in [7, 11) is -1.63. The van der Waals surface area contributed by atoms with Crippen molar-refractivity contribution in [3.63, 3.8) is 0 Å². The summed E-state index contributed by atoms with van der Waals surface area (Å²) < 4.78 is 26.8. The van der Waals surface area contributed by atoms with Crippen LogP contribution in [-0.2, 0) is 15.4 Å². The predicted molar refractivity (Wildman–Crippen MR) is 128 cm³/mol. The number of allylic oxidation sites excluding steroid dienone is 2. The van der Waals surface area contributed by atoms with Gasteiger partial charge in [0.1, 0.15) is 0 Å². The zero-order valence-electron chi connectivity index (χ0n) is 19.2. The fourth-order valence-electron chi connectivity index (χ4n) is 4.08. The first kappa shape index (κ1) is 23.7. The van der Waals surface area contributed by atoms with Crippen LogP contribution in [0, 0.1) is 0 Å². The van der Waals surface area contributed by atoms with E-state index in [-0.39, 0.29) is 15.9 Å². The summed E-state index contributed by atoms with van der Waals surface area (Å²) >= 11 is 0. The summed E-state index contributed by atoms with van der Waals surface area (Å²) in [6.07, 6.45) is 3.43. The Morgan fingerprint density at radius 1 is 1.12 bits per heavy atom. The Kier molecular flexibility index (Phi) is 6.85. The molecule has 1 amide bonds. The maximum Gasteiger partial charge on any atom is 0.271 e. The van der Waals surface area contributed by atoms with E-state index in [1.807, 2.05) is 25.3 Å². The molecule has 0 unspecified atom stereocenters. The van der Waals surface area contributed by atoms with Crippen LogP contribution in [0.2, 0.25) is 0 Å². The van der Waals surface area contributed by atoms with Crippen molar-refractivity contribution in [1.82, 2.24) is 9.73 Å². The monoisotopic (exact) mass is 454 g/mol. The third-order valence-electron chi connectivity index (χ3n) is 5.85. The van der Waals surface area contributed by atoms with Crippen molar-refractivity contribution in [2.45, 2.75) is 38.0 Å². The number of carbonyl (C=O) groups is 1. The molecule has 2 aromatic rings. The zero-order chi connectivity index (χ0) is 23.5. The highest BCUT2D eigenvalue weighted by molar-refractivity contribution is 7.89. The van der Waals surface area contributed by atoms with Gasteiger partial charge in [-0.15, -0.1) is 0 Å². The smallest absolute Gasteiger partial charge is 0.271 e. The van der Waals surface area contributed by atoms with Crippen molar-refractivity contribution < 1.29 is 13.2 Å². The Hall–Kier alpha value is -2.97. The highest BCUT2D eigenvalue weighted by Crippen LogP contribution is 2.46. The van der Waals surface area contributed by atoms with Crippen LogP contribution in [0.15, 0.2) is 70.3 Å². The molecule has 1 heterocycles. The van der Waals surface area contributed by atoms with Gasteiger partial charge in [0.05, 0.1) is 4.90 Å². The average molecular weight is 455 g/mol. The van der Waals surface area contributed by atoms with Gasteiger partial charge in [-0.05, 0) is 35.9 Å². The molecule has 0 aromatic heterocycles. The van der Waals surface area contributed by atoms with Crippen LogP contribution in [0.3, 0.4) is 0 Å². The molecule has 0 atom stereocenters. The molecule has 0 fully saturated rings. The number of likely N-dealkylation sites (N-methyl/N-ethyl adjacent to an activating group) is 1. The second kappa shape index (κ2) is 9.26. The summed E-state index contributed by atoms with van der Waals surface area (Å²) in [5.74, 6) is -0.474. The van der Waals surface area contributed by atoms with Crippen LogP contribution < -0.4 is 10.3 Å². The van der Waals surface area contributed by atoms with Crippen molar-refractivity contribution in [2.75, 3.05) is 25.0 Å². The molecular weight excluding hydrogens is 424 g/mol. The van der Waals surface area contributed by atoms with Gasteiger partial charge >= 0.3 is 0 Å². The third-order valence-corrected chi connectivity index (χ3v) is 7.90. The molecule has 0 bridgehead atoms. The van der Waals surface area contributed by atoms with Gasteiger partial charge in [-0.3, -0.25) is 4.79 Å². The van der Waals surface area contributed by atoms with E-state index >= 15 is 0 Å². The van der Waals surface area contributed by atoms with Crippen molar-refractivity contribution in [1.29, 1.82) is 0 Å². The second-order valence-corrected chi connectivity index (χ2v) is 10.0. The number of fused-ring (bicyclic) bond motifs is 1. The number of hydrogen-bond donors (Lipinski definition) is 1. The average Bonchev–Trinajstić information content (AvgIpc) is 2.97. The van der Waals surface area contributed by atoms with Crippen LogP contribution in [0.5, 0.6) is 0 Å². The van der Waals surface area contributed by atoms with Gasteiger partial charge in [0.15, 0.2) is 0 Å². The van der Waals surface area contributed by atoms with Crippen LogP contribution in [0.25, 0.3) is 0 Å². The molecule has 7 nitrogen and oxygen atoms in total. The minimum Gasteiger partial charge on any atom is -0.347 e. The van der Waals surface area contributed by atoms with Crippen molar-refractivity contribution in [3.05, 3.63) is 71.4 Å². The third kappa shape index (κ3) is 4.33. The lowest BCUT2D eigenvalue weighted by Gasteiger charge is -2.23. The second-order valence-electron chi connectivity index (χ2n) is 8.09.